The second-order valence-corrected chi connectivity index (χ2v) is 4.89. The van der Waals surface area contributed by atoms with E-state index < -0.39 is 0 Å². The van der Waals surface area contributed by atoms with Gasteiger partial charge in [-0.2, -0.15) is 0 Å². The standard InChI is InChI=1S/C14H19FN2O/c1-10-6-8-17(9-7-10)14(18)11-4-3-5-12(15)13(11)16-2/h3-5,10,16H,6-9H2,1-2H3. The molecule has 98 valence electrons. The van der Waals surface area contributed by atoms with E-state index in [2.05, 4.69) is 12.2 Å². The maximum atomic E-state index is 13.6. The van der Waals surface area contributed by atoms with Crippen LogP contribution in [0.1, 0.15) is 30.1 Å². The van der Waals surface area contributed by atoms with Crippen molar-refractivity contribution >= 4 is 11.6 Å². The third-order valence-electron chi connectivity index (χ3n) is 3.56. The summed E-state index contributed by atoms with van der Waals surface area (Å²) in [5.41, 5.74) is 0.716. The van der Waals surface area contributed by atoms with Crippen molar-refractivity contribution in [2.24, 2.45) is 5.92 Å². The fourth-order valence-electron chi connectivity index (χ4n) is 2.34. The molecule has 0 spiro atoms. The summed E-state index contributed by atoms with van der Waals surface area (Å²) >= 11 is 0. The molecule has 0 unspecified atom stereocenters. The molecule has 18 heavy (non-hydrogen) atoms. The lowest BCUT2D eigenvalue weighted by Crippen LogP contribution is -2.38. The van der Waals surface area contributed by atoms with Gasteiger partial charge in [-0.05, 0) is 30.9 Å². The number of nitrogens with zero attached hydrogens (tertiary/aromatic N) is 1. The lowest BCUT2D eigenvalue weighted by atomic mass is 9.98. The predicted molar refractivity (Wildman–Crippen MR) is 70.2 cm³/mol. The van der Waals surface area contributed by atoms with E-state index in [1.165, 1.54) is 6.07 Å². The Morgan fingerprint density at radius 3 is 2.67 bits per heavy atom. The molecule has 0 atom stereocenters. The molecule has 1 amide bonds. The van der Waals surface area contributed by atoms with Crippen LogP contribution in [0.5, 0.6) is 0 Å². The van der Waals surface area contributed by atoms with Crippen molar-refractivity contribution in [2.75, 3.05) is 25.5 Å². The Labute approximate surface area is 107 Å². The molecule has 1 heterocycles. The molecule has 0 aliphatic carbocycles. The quantitative estimate of drug-likeness (QED) is 0.875. The van der Waals surface area contributed by atoms with Gasteiger partial charge in [0.1, 0.15) is 5.82 Å². The summed E-state index contributed by atoms with van der Waals surface area (Å²) in [5.74, 6) is 0.213. The molecule has 3 nitrogen and oxygen atoms in total. The van der Waals surface area contributed by atoms with Gasteiger partial charge in [-0.1, -0.05) is 13.0 Å². The Morgan fingerprint density at radius 2 is 2.06 bits per heavy atom. The summed E-state index contributed by atoms with van der Waals surface area (Å²) in [4.78, 5) is 14.2. The third-order valence-corrected chi connectivity index (χ3v) is 3.56. The zero-order valence-corrected chi connectivity index (χ0v) is 10.9. The van der Waals surface area contributed by atoms with Crippen LogP contribution in [-0.4, -0.2) is 30.9 Å². The van der Waals surface area contributed by atoms with Gasteiger partial charge >= 0.3 is 0 Å². The van der Waals surface area contributed by atoms with Gasteiger partial charge in [-0.25, -0.2) is 4.39 Å². The van der Waals surface area contributed by atoms with Crippen LogP contribution >= 0.6 is 0 Å². The van der Waals surface area contributed by atoms with Crippen LogP contribution in [0.25, 0.3) is 0 Å². The number of nitrogens with one attached hydrogen (secondary N) is 1. The van der Waals surface area contributed by atoms with E-state index in [1.54, 1.807) is 19.2 Å². The summed E-state index contributed by atoms with van der Waals surface area (Å²) in [5, 5.41) is 2.77. The second-order valence-electron chi connectivity index (χ2n) is 4.89. The molecular weight excluding hydrogens is 231 g/mol. The highest BCUT2D eigenvalue weighted by atomic mass is 19.1. The second kappa shape index (κ2) is 5.38. The maximum absolute atomic E-state index is 13.6. The zero-order chi connectivity index (χ0) is 13.1. The first-order valence-electron chi connectivity index (χ1n) is 6.39. The SMILES string of the molecule is CNc1c(F)cccc1C(=O)N1CCC(C)CC1. The molecule has 2 rings (SSSR count). The monoisotopic (exact) mass is 250 g/mol. The lowest BCUT2D eigenvalue weighted by Gasteiger charge is -2.30. The summed E-state index contributed by atoms with van der Waals surface area (Å²) in [6.07, 6.45) is 2.05. The molecule has 1 aromatic rings. The summed E-state index contributed by atoms with van der Waals surface area (Å²) in [6.45, 7) is 3.72. The number of benzene rings is 1. The molecule has 0 radical (unpaired) electrons. The maximum Gasteiger partial charge on any atom is 0.256 e. The van der Waals surface area contributed by atoms with Crippen molar-refractivity contribution in [1.82, 2.24) is 4.90 Å². The Kier molecular flexibility index (Phi) is 3.84. The van der Waals surface area contributed by atoms with E-state index in [9.17, 15) is 9.18 Å². The van der Waals surface area contributed by atoms with E-state index in [4.69, 9.17) is 0 Å². The van der Waals surface area contributed by atoms with E-state index in [1.807, 2.05) is 4.90 Å². The summed E-state index contributed by atoms with van der Waals surface area (Å²) in [7, 11) is 1.63. The van der Waals surface area contributed by atoms with Gasteiger partial charge < -0.3 is 10.2 Å². The number of hydrogen-bond donors (Lipinski definition) is 1. The number of carbonyl (C=O) groups is 1. The van der Waals surface area contributed by atoms with Gasteiger partial charge in [-0.3, -0.25) is 4.79 Å². The van der Waals surface area contributed by atoms with Crippen LogP contribution in [0.2, 0.25) is 0 Å². The number of hydrogen-bond acceptors (Lipinski definition) is 2. The summed E-state index contributed by atoms with van der Waals surface area (Å²) < 4.78 is 13.6. The van der Waals surface area contributed by atoms with E-state index in [0.29, 0.717) is 17.2 Å². The van der Waals surface area contributed by atoms with Gasteiger partial charge in [0.05, 0.1) is 11.3 Å². The molecule has 1 aromatic carbocycles. The van der Waals surface area contributed by atoms with Crippen molar-refractivity contribution in [2.45, 2.75) is 19.8 Å². The van der Waals surface area contributed by atoms with Crippen molar-refractivity contribution in [3.63, 3.8) is 0 Å². The highest BCUT2D eigenvalue weighted by Gasteiger charge is 2.23. The first-order valence-corrected chi connectivity index (χ1v) is 6.39. The van der Waals surface area contributed by atoms with Crippen LogP contribution in [0.15, 0.2) is 18.2 Å². The molecule has 0 saturated carbocycles. The van der Waals surface area contributed by atoms with E-state index in [0.717, 1.165) is 25.9 Å². The highest BCUT2D eigenvalue weighted by molar-refractivity contribution is 5.99. The Hall–Kier alpha value is -1.58. The molecular formula is C14H19FN2O. The van der Waals surface area contributed by atoms with Crippen LogP contribution in [0, 0.1) is 11.7 Å². The first kappa shape index (κ1) is 12.9. The minimum atomic E-state index is -0.381. The van der Waals surface area contributed by atoms with Gasteiger partial charge in [0.15, 0.2) is 0 Å². The van der Waals surface area contributed by atoms with Crippen molar-refractivity contribution in [1.29, 1.82) is 0 Å². The predicted octanol–water partition coefficient (Wildman–Crippen LogP) is 2.74. The number of piperidine rings is 1. The number of amides is 1. The lowest BCUT2D eigenvalue weighted by molar-refractivity contribution is 0.0698. The number of likely N-dealkylation sites (tertiary alicyclic amines) is 1. The Bertz CT molecular complexity index is 439. The molecule has 1 N–H and O–H groups in total. The smallest absolute Gasteiger partial charge is 0.256 e. The van der Waals surface area contributed by atoms with Crippen molar-refractivity contribution in [3.05, 3.63) is 29.6 Å². The van der Waals surface area contributed by atoms with Gasteiger partial charge in [-0.15, -0.1) is 0 Å². The van der Waals surface area contributed by atoms with E-state index in [-0.39, 0.29) is 11.7 Å². The van der Waals surface area contributed by atoms with E-state index >= 15 is 0 Å². The van der Waals surface area contributed by atoms with Gasteiger partial charge in [0, 0.05) is 20.1 Å². The average Bonchev–Trinajstić information content (AvgIpc) is 2.38. The number of para-hydroxylation sites is 1. The molecule has 1 aliphatic rings. The summed E-state index contributed by atoms with van der Waals surface area (Å²) in [6, 6.07) is 4.62. The molecule has 1 fully saturated rings. The molecule has 0 aromatic heterocycles. The number of rotatable bonds is 2. The van der Waals surface area contributed by atoms with Gasteiger partial charge in [0.2, 0.25) is 0 Å². The molecule has 0 bridgehead atoms. The average molecular weight is 250 g/mol. The molecule has 1 saturated heterocycles. The number of anilines is 1. The molecule has 4 heteroatoms. The topological polar surface area (TPSA) is 32.3 Å². The Balaban J connectivity index is 2.21. The van der Waals surface area contributed by atoms with Crippen molar-refractivity contribution < 1.29 is 9.18 Å². The van der Waals surface area contributed by atoms with Crippen LogP contribution in [-0.2, 0) is 0 Å². The normalized spacial score (nSPS) is 16.7. The third kappa shape index (κ3) is 2.47. The van der Waals surface area contributed by atoms with Crippen LogP contribution in [0.3, 0.4) is 0 Å². The number of halogens is 1. The van der Waals surface area contributed by atoms with Crippen LogP contribution in [0.4, 0.5) is 10.1 Å². The fourth-order valence-corrected chi connectivity index (χ4v) is 2.34. The van der Waals surface area contributed by atoms with Crippen LogP contribution < -0.4 is 5.32 Å². The fraction of sp³-hybridized carbons (Fsp3) is 0.500. The molecule has 1 aliphatic heterocycles. The highest BCUT2D eigenvalue weighted by Crippen LogP contribution is 2.23. The van der Waals surface area contributed by atoms with Gasteiger partial charge in [0.25, 0.3) is 5.91 Å². The zero-order valence-electron chi connectivity index (χ0n) is 10.9. The Morgan fingerprint density at radius 1 is 1.39 bits per heavy atom. The minimum absolute atomic E-state index is 0.0780. The number of carbonyl (C=O) groups excluding carboxylic acids is 1. The first-order chi connectivity index (χ1) is 8.63. The largest absolute Gasteiger partial charge is 0.385 e. The minimum Gasteiger partial charge on any atom is -0.385 e. The van der Waals surface area contributed by atoms with Crippen molar-refractivity contribution in [3.8, 4) is 0 Å².